The highest BCUT2D eigenvalue weighted by Gasteiger charge is 2.27. The number of carbonyl (C=O) groups is 1. The first kappa shape index (κ1) is 16.8. The maximum Gasteiger partial charge on any atom is 0.240 e. The third kappa shape index (κ3) is 3.78. The van der Waals surface area contributed by atoms with Crippen LogP contribution in [0.5, 0.6) is 5.75 Å². The lowest BCUT2D eigenvalue weighted by atomic mass is 10.1. The van der Waals surface area contributed by atoms with Crippen molar-refractivity contribution in [2.75, 3.05) is 20.2 Å². The van der Waals surface area contributed by atoms with Crippen LogP contribution in [0.25, 0.3) is 0 Å². The van der Waals surface area contributed by atoms with Crippen molar-refractivity contribution in [1.29, 1.82) is 0 Å². The lowest BCUT2D eigenvalue weighted by Crippen LogP contribution is -2.48. The van der Waals surface area contributed by atoms with Gasteiger partial charge in [0.15, 0.2) is 0 Å². The summed E-state index contributed by atoms with van der Waals surface area (Å²) in [6.45, 7) is 4.63. The van der Waals surface area contributed by atoms with Crippen molar-refractivity contribution in [1.82, 2.24) is 9.62 Å². The minimum atomic E-state index is -3.60. The molecule has 1 aliphatic rings. The van der Waals surface area contributed by atoms with E-state index in [1.54, 1.807) is 24.1 Å². The number of sulfonamides is 1. The first-order valence-corrected chi connectivity index (χ1v) is 8.81. The third-order valence-electron chi connectivity index (χ3n) is 3.71. The van der Waals surface area contributed by atoms with Crippen LogP contribution < -0.4 is 9.46 Å². The smallest absolute Gasteiger partial charge is 0.240 e. The Kier molecular flexibility index (Phi) is 5.08. The summed E-state index contributed by atoms with van der Waals surface area (Å²) in [5, 5.41) is 0. The number of benzene rings is 1. The normalized spacial score (nSPS) is 19.3. The number of rotatable bonds is 5. The van der Waals surface area contributed by atoms with Crippen LogP contribution in [0.3, 0.4) is 0 Å². The van der Waals surface area contributed by atoms with Crippen molar-refractivity contribution in [2.24, 2.45) is 0 Å². The van der Waals surface area contributed by atoms with Crippen molar-refractivity contribution in [3.05, 3.63) is 23.8 Å². The van der Waals surface area contributed by atoms with Crippen molar-refractivity contribution in [3.8, 4) is 5.75 Å². The zero-order valence-electron chi connectivity index (χ0n) is 13.1. The molecule has 7 heteroatoms. The number of likely N-dealkylation sites (N-methyl/N-ethyl adjacent to an activating group) is 1. The number of aryl methyl sites for hydroxylation is 1. The number of nitrogens with zero attached hydrogens (tertiary/aromatic N) is 1. The lowest BCUT2D eigenvalue weighted by molar-refractivity contribution is -0.132. The molecular weight excluding hydrogens is 304 g/mol. The lowest BCUT2D eigenvalue weighted by Gasteiger charge is -2.30. The number of nitrogens with one attached hydrogen (secondary N) is 1. The highest BCUT2D eigenvalue weighted by atomic mass is 32.2. The van der Waals surface area contributed by atoms with Crippen LogP contribution in [0.15, 0.2) is 23.1 Å². The average molecular weight is 326 g/mol. The average Bonchev–Trinajstić information content (AvgIpc) is 2.45. The van der Waals surface area contributed by atoms with Crippen molar-refractivity contribution < 1.29 is 17.9 Å². The minimum absolute atomic E-state index is 0.0485. The Morgan fingerprint density at radius 2 is 2.14 bits per heavy atom. The topological polar surface area (TPSA) is 75.7 Å². The summed E-state index contributed by atoms with van der Waals surface area (Å²) in [6.07, 6.45) is 0.893. The maximum atomic E-state index is 12.5. The SMILES string of the molecule is CCOc1ccc(S(=O)(=O)NC2CCC(=O)N(C)C2)cc1C. The molecule has 1 aromatic carbocycles. The molecule has 2 rings (SSSR count). The fourth-order valence-corrected chi connectivity index (χ4v) is 3.85. The monoisotopic (exact) mass is 326 g/mol. The van der Waals surface area contributed by atoms with E-state index >= 15 is 0 Å². The van der Waals surface area contributed by atoms with E-state index in [1.807, 2.05) is 13.8 Å². The van der Waals surface area contributed by atoms with Gasteiger partial charge in [0, 0.05) is 26.1 Å². The Morgan fingerprint density at radius 3 is 2.73 bits per heavy atom. The molecule has 1 heterocycles. The van der Waals surface area contributed by atoms with Gasteiger partial charge in [0.1, 0.15) is 5.75 Å². The van der Waals surface area contributed by atoms with Crippen LogP contribution in [0, 0.1) is 6.92 Å². The summed E-state index contributed by atoms with van der Waals surface area (Å²) in [5.41, 5.74) is 0.778. The fraction of sp³-hybridized carbons (Fsp3) is 0.533. The van der Waals surface area contributed by atoms with E-state index in [1.165, 1.54) is 6.07 Å². The van der Waals surface area contributed by atoms with Crippen molar-refractivity contribution in [3.63, 3.8) is 0 Å². The van der Waals surface area contributed by atoms with Crippen LogP contribution in [-0.4, -0.2) is 45.5 Å². The van der Waals surface area contributed by atoms with E-state index in [4.69, 9.17) is 4.74 Å². The Labute approximate surface area is 131 Å². The van der Waals surface area contributed by atoms with Crippen LogP contribution in [0.2, 0.25) is 0 Å². The Balaban J connectivity index is 2.13. The van der Waals surface area contributed by atoms with E-state index in [2.05, 4.69) is 4.72 Å². The third-order valence-corrected chi connectivity index (χ3v) is 5.22. The number of amides is 1. The van der Waals surface area contributed by atoms with Gasteiger partial charge in [-0.05, 0) is 44.0 Å². The quantitative estimate of drug-likeness (QED) is 0.885. The van der Waals surface area contributed by atoms with Gasteiger partial charge >= 0.3 is 0 Å². The van der Waals surface area contributed by atoms with Crippen molar-refractivity contribution >= 4 is 15.9 Å². The molecule has 1 unspecified atom stereocenters. The largest absolute Gasteiger partial charge is 0.494 e. The first-order chi connectivity index (χ1) is 10.3. The van der Waals surface area contributed by atoms with Crippen LogP contribution in [0.1, 0.15) is 25.3 Å². The van der Waals surface area contributed by atoms with Gasteiger partial charge in [-0.15, -0.1) is 0 Å². The molecule has 22 heavy (non-hydrogen) atoms. The molecule has 122 valence electrons. The van der Waals surface area contributed by atoms with E-state index in [0.29, 0.717) is 31.7 Å². The summed E-state index contributed by atoms with van der Waals surface area (Å²) in [5.74, 6) is 0.733. The Morgan fingerprint density at radius 1 is 1.41 bits per heavy atom. The van der Waals surface area contributed by atoms with Gasteiger partial charge in [0.05, 0.1) is 11.5 Å². The molecule has 1 fully saturated rings. The second-order valence-electron chi connectivity index (χ2n) is 5.49. The molecule has 1 N–H and O–H groups in total. The van der Waals surface area contributed by atoms with Gasteiger partial charge in [-0.1, -0.05) is 0 Å². The van der Waals surface area contributed by atoms with Crippen LogP contribution in [0.4, 0.5) is 0 Å². The molecule has 0 bridgehead atoms. The molecule has 0 saturated carbocycles. The Bertz CT molecular complexity index is 658. The molecule has 6 nitrogen and oxygen atoms in total. The predicted octanol–water partition coefficient (Wildman–Crippen LogP) is 1.29. The number of hydrogen-bond acceptors (Lipinski definition) is 4. The van der Waals surface area contributed by atoms with E-state index < -0.39 is 10.0 Å². The molecule has 1 saturated heterocycles. The summed E-state index contributed by atoms with van der Waals surface area (Å²) in [4.78, 5) is 13.2. The van der Waals surface area contributed by atoms with Gasteiger partial charge in [-0.3, -0.25) is 4.79 Å². The summed E-state index contributed by atoms with van der Waals surface area (Å²) < 4.78 is 33.0. The van der Waals surface area contributed by atoms with Gasteiger partial charge in [0.2, 0.25) is 15.9 Å². The van der Waals surface area contributed by atoms with Crippen molar-refractivity contribution in [2.45, 2.75) is 37.6 Å². The molecule has 0 aliphatic carbocycles. The van der Waals surface area contributed by atoms with Crippen LogP contribution >= 0.6 is 0 Å². The summed E-state index contributed by atoms with van der Waals surface area (Å²) in [7, 11) is -1.91. The van der Waals surface area contributed by atoms with Gasteiger partial charge in [-0.2, -0.15) is 0 Å². The second kappa shape index (κ2) is 6.66. The zero-order chi connectivity index (χ0) is 16.3. The van der Waals surface area contributed by atoms with E-state index in [-0.39, 0.29) is 16.8 Å². The number of hydrogen-bond donors (Lipinski definition) is 1. The summed E-state index contributed by atoms with van der Waals surface area (Å²) in [6, 6.07) is 4.56. The number of ether oxygens (including phenoxy) is 1. The van der Waals surface area contributed by atoms with Gasteiger partial charge < -0.3 is 9.64 Å². The molecule has 0 aromatic heterocycles. The molecule has 0 spiro atoms. The van der Waals surface area contributed by atoms with Gasteiger partial charge in [0.25, 0.3) is 0 Å². The molecule has 1 amide bonds. The highest BCUT2D eigenvalue weighted by molar-refractivity contribution is 7.89. The van der Waals surface area contributed by atoms with E-state index in [0.717, 1.165) is 5.56 Å². The number of carbonyl (C=O) groups excluding carboxylic acids is 1. The van der Waals surface area contributed by atoms with E-state index in [9.17, 15) is 13.2 Å². The molecule has 1 aliphatic heterocycles. The zero-order valence-corrected chi connectivity index (χ0v) is 13.9. The number of likely N-dealkylation sites (tertiary alicyclic amines) is 1. The predicted molar refractivity (Wildman–Crippen MR) is 83.3 cm³/mol. The van der Waals surface area contributed by atoms with Crippen LogP contribution in [-0.2, 0) is 14.8 Å². The van der Waals surface area contributed by atoms with Gasteiger partial charge in [-0.25, -0.2) is 13.1 Å². The molecular formula is C15H22N2O4S. The maximum absolute atomic E-state index is 12.5. The second-order valence-corrected chi connectivity index (χ2v) is 7.21. The molecule has 1 aromatic rings. The minimum Gasteiger partial charge on any atom is -0.494 e. The highest BCUT2D eigenvalue weighted by Crippen LogP contribution is 2.22. The first-order valence-electron chi connectivity index (χ1n) is 7.33. The number of piperidine rings is 1. The standard InChI is InChI=1S/C15H22N2O4S/c1-4-21-14-7-6-13(9-11(14)2)22(19,20)16-12-5-8-15(18)17(3)10-12/h6-7,9,12,16H,4-5,8,10H2,1-3H3. The Hall–Kier alpha value is -1.60. The molecule has 1 atom stereocenters. The summed E-state index contributed by atoms with van der Waals surface area (Å²) >= 11 is 0. The fourth-order valence-electron chi connectivity index (χ4n) is 2.50. The molecule has 0 radical (unpaired) electrons.